The number of nitrogens with zero attached hydrogens (tertiary/aromatic N) is 1. The maximum Gasteiger partial charge on any atom is 0.269 e. The Balaban J connectivity index is 1.78. The van der Waals surface area contributed by atoms with Gasteiger partial charge in [-0.2, -0.15) is 11.8 Å². The molecular weight excluding hydrogens is 376 g/mol. The first-order valence-corrected chi connectivity index (χ1v) is 11.2. The maximum atomic E-state index is 12.3. The Hall–Kier alpha value is -1.52. The SMILES string of the molecule is CCCC(CCC)CNC(=O)c1ccc(CSCc2cccc(Cl)c2)cn1. The number of hydrogen-bond donors (Lipinski definition) is 1. The molecule has 0 atom stereocenters. The van der Waals surface area contributed by atoms with E-state index in [9.17, 15) is 4.79 Å². The molecule has 5 heteroatoms. The summed E-state index contributed by atoms with van der Waals surface area (Å²) in [7, 11) is 0. The lowest BCUT2D eigenvalue weighted by Crippen LogP contribution is -2.30. The topological polar surface area (TPSA) is 42.0 Å². The van der Waals surface area contributed by atoms with Gasteiger partial charge in [-0.05, 0) is 48.1 Å². The van der Waals surface area contributed by atoms with Crippen LogP contribution in [-0.2, 0) is 11.5 Å². The van der Waals surface area contributed by atoms with E-state index in [1.807, 2.05) is 42.1 Å². The fourth-order valence-electron chi connectivity index (χ4n) is 3.05. The maximum absolute atomic E-state index is 12.3. The first kappa shape index (κ1) is 21.8. The van der Waals surface area contributed by atoms with Crippen LogP contribution in [-0.4, -0.2) is 17.4 Å². The molecule has 1 heterocycles. The smallest absolute Gasteiger partial charge is 0.269 e. The molecule has 0 fully saturated rings. The molecule has 0 unspecified atom stereocenters. The molecule has 3 nitrogen and oxygen atoms in total. The molecular formula is C22H29ClN2OS. The number of carbonyl (C=O) groups excluding carboxylic acids is 1. The predicted molar refractivity (Wildman–Crippen MR) is 116 cm³/mol. The van der Waals surface area contributed by atoms with Crippen LogP contribution in [0.25, 0.3) is 0 Å². The Morgan fingerprint density at radius 1 is 1.11 bits per heavy atom. The highest BCUT2D eigenvalue weighted by Crippen LogP contribution is 2.20. The molecule has 146 valence electrons. The lowest BCUT2D eigenvalue weighted by Gasteiger charge is -2.15. The highest BCUT2D eigenvalue weighted by atomic mass is 35.5. The highest BCUT2D eigenvalue weighted by molar-refractivity contribution is 7.97. The molecule has 1 aromatic heterocycles. The number of halogens is 1. The van der Waals surface area contributed by atoms with Crippen LogP contribution >= 0.6 is 23.4 Å². The molecule has 0 bridgehead atoms. The first-order chi connectivity index (χ1) is 13.1. The number of amides is 1. The number of thioether (sulfide) groups is 1. The summed E-state index contributed by atoms with van der Waals surface area (Å²) < 4.78 is 0. The van der Waals surface area contributed by atoms with E-state index in [2.05, 4.69) is 30.2 Å². The zero-order chi connectivity index (χ0) is 19.5. The molecule has 1 amide bonds. The second-order valence-electron chi connectivity index (χ2n) is 6.83. The van der Waals surface area contributed by atoms with E-state index in [-0.39, 0.29) is 5.91 Å². The van der Waals surface area contributed by atoms with Gasteiger partial charge in [0, 0.05) is 29.3 Å². The number of hydrogen-bond acceptors (Lipinski definition) is 3. The van der Waals surface area contributed by atoms with E-state index in [4.69, 9.17) is 11.6 Å². The van der Waals surface area contributed by atoms with Crippen LogP contribution in [0.4, 0.5) is 0 Å². The summed E-state index contributed by atoms with van der Waals surface area (Å²) in [4.78, 5) is 16.7. The molecule has 0 aliphatic heterocycles. The number of aromatic nitrogens is 1. The summed E-state index contributed by atoms with van der Waals surface area (Å²) in [6.07, 6.45) is 6.42. The predicted octanol–water partition coefficient (Wildman–Crippen LogP) is 6.11. The van der Waals surface area contributed by atoms with Crippen molar-refractivity contribution in [2.45, 2.75) is 51.0 Å². The van der Waals surface area contributed by atoms with Gasteiger partial charge >= 0.3 is 0 Å². The lowest BCUT2D eigenvalue weighted by molar-refractivity contribution is 0.0940. The summed E-state index contributed by atoms with van der Waals surface area (Å²) in [5.74, 6) is 2.24. The van der Waals surface area contributed by atoms with Gasteiger partial charge in [0.15, 0.2) is 0 Å². The zero-order valence-electron chi connectivity index (χ0n) is 16.2. The first-order valence-electron chi connectivity index (χ1n) is 9.67. The van der Waals surface area contributed by atoms with E-state index in [0.717, 1.165) is 54.3 Å². The van der Waals surface area contributed by atoms with Gasteiger partial charge in [-0.1, -0.05) is 56.5 Å². The third-order valence-electron chi connectivity index (χ3n) is 4.43. The van der Waals surface area contributed by atoms with Crippen molar-refractivity contribution in [1.29, 1.82) is 0 Å². The average molecular weight is 405 g/mol. The summed E-state index contributed by atoms with van der Waals surface area (Å²) in [5.41, 5.74) is 2.82. The summed E-state index contributed by atoms with van der Waals surface area (Å²) in [6, 6.07) is 11.7. The van der Waals surface area contributed by atoms with Crippen molar-refractivity contribution in [2.75, 3.05) is 6.54 Å². The Morgan fingerprint density at radius 2 is 1.85 bits per heavy atom. The molecule has 0 saturated heterocycles. The minimum absolute atomic E-state index is 0.0784. The third kappa shape index (κ3) is 7.94. The molecule has 27 heavy (non-hydrogen) atoms. The van der Waals surface area contributed by atoms with Crippen LogP contribution in [0.5, 0.6) is 0 Å². The van der Waals surface area contributed by atoms with Crippen molar-refractivity contribution in [3.63, 3.8) is 0 Å². The Labute approximate surface area is 172 Å². The van der Waals surface area contributed by atoms with Gasteiger partial charge in [-0.15, -0.1) is 0 Å². The molecule has 0 spiro atoms. The summed E-state index contributed by atoms with van der Waals surface area (Å²) >= 11 is 7.82. The van der Waals surface area contributed by atoms with Crippen molar-refractivity contribution in [2.24, 2.45) is 5.92 Å². The van der Waals surface area contributed by atoms with Gasteiger partial charge in [-0.3, -0.25) is 9.78 Å². The van der Waals surface area contributed by atoms with E-state index in [0.29, 0.717) is 11.6 Å². The van der Waals surface area contributed by atoms with Gasteiger partial charge in [0.05, 0.1) is 0 Å². The van der Waals surface area contributed by atoms with Crippen LogP contribution in [0.15, 0.2) is 42.6 Å². The second-order valence-corrected chi connectivity index (χ2v) is 8.25. The van der Waals surface area contributed by atoms with Gasteiger partial charge < -0.3 is 5.32 Å². The Kier molecular flexibility index (Phi) is 9.71. The van der Waals surface area contributed by atoms with Crippen molar-refractivity contribution in [3.05, 3.63) is 64.4 Å². The number of rotatable bonds is 11. The number of pyridine rings is 1. The summed E-state index contributed by atoms with van der Waals surface area (Å²) in [5, 5.41) is 3.81. The molecule has 0 radical (unpaired) electrons. The fraction of sp³-hybridized carbons (Fsp3) is 0.455. The normalized spacial score (nSPS) is 11.0. The van der Waals surface area contributed by atoms with Crippen LogP contribution < -0.4 is 5.32 Å². The Bertz CT molecular complexity index is 700. The summed E-state index contributed by atoms with van der Waals surface area (Å²) in [6.45, 7) is 5.11. The quantitative estimate of drug-likeness (QED) is 0.490. The second kappa shape index (κ2) is 12.0. The van der Waals surface area contributed by atoms with E-state index in [1.54, 1.807) is 6.20 Å². The molecule has 0 aliphatic rings. The number of nitrogens with one attached hydrogen (secondary N) is 1. The van der Waals surface area contributed by atoms with Gasteiger partial charge in [0.1, 0.15) is 5.69 Å². The van der Waals surface area contributed by atoms with Crippen molar-refractivity contribution < 1.29 is 4.79 Å². The molecule has 1 aromatic carbocycles. The van der Waals surface area contributed by atoms with E-state index >= 15 is 0 Å². The number of carbonyl (C=O) groups is 1. The van der Waals surface area contributed by atoms with Crippen LogP contribution in [0.2, 0.25) is 5.02 Å². The highest BCUT2D eigenvalue weighted by Gasteiger charge is 2.11. The third-order valence-corrected chi connectivity index (χ3v) is 5.74. The van der Waals surface area contributed by atoms with Crippen molar-refractivity contribution >= 4 is 29.3 Å². The number of benzene rings is 1. The van der Waals surface area contributed by atoms with Crippen LogP contribution in [0, 0.1) is 5.92 Å². The lowest BCUT2D eigenvalue weighted by atomic mass is 9.98. The Morgan fingerprint density at radius 3 is 2.48 bits per heavy atom. The minimum atomic E-state index is -0.0784. The van der Waals surface area contributed by atoms with Crippen molar-refractivity contribution in [1.82, 2.24) is 10.3 Å². The zero-order valence-corrected chi connectivity index (χ0v) is 17.8. The molecule has 0 saturated carbocycles. The van der Waals surface area contributed by atoms with Crippen molar-refractivity contribution in [3.8, 4) is 0 Å². The van der Waals surface area contributed by atoms with E-state index in [1.165, 1.54) is 5.56 Å². The van der Waals surface area contributed by atoms with Gasteiger partial charge in [0.25, 0.3) is 5.91 Å². The molecule has 2 rings (SSSR count). The average Bonchev–Trinajstić information content (AvgIpc) is 2.67. The largest absolute Gasteiger partial charge is 0.350 e. The fourth-order valence-corrected chi connectivity index (χ4v) is 4.19. The van der Waals surface area contributed by atoms with Crippen LogP contribution in [0.1, 0.15) is 61.1 Å². The molecule has 0 aliphatic carbocycles. The minimum Gasteiger partial charge on any atom is -0.350 e. The monoisotopic (exact) mass is 404 g/mol. The standard InChI is InChI=1S/C22H29ClN2OS/c1-3-6-17(7-4-2)13-25-22(26)21-11-10-19(14-24-21)16-27-15-18-8-5-9-20(23)12-18/h5,8-12,14,17H,3-4,6-7,13,15-16H2,1-2H3,(H,25,26). The molecule has 1 N–H and O–H groups in total. The molecule has 2 aromatic rings. The van der Waals surface area contributed by atoms with Gasteiger partial charge in [-0.25, -0.2) is 0 Å². The van der Waals surface area contributed by atoms with Crippen LogP contribution in [0.3, 0.4) is 0 Å². The van der Waals surface area contributed by atoms with E-state index < -0.39 is 0 Å². The van der Waals surface area contributed by atoms with Gasteiger partial charge in [0.2, 0.25) is 0 Å².